The Balaban J connectivity index is 0.000000154. The number of esters is 1. The van der Waals surface area contributed by atoms with Gasteiger partial charge in [-0.15, -0.1) is 0 Å². The van der Waals surface area contributed by atoms with Gasteiger partial charge in [0.2, 0.25) is 0 Å². The summed E-state index contributed by atoms with van der Waals surface area (Å²) in [5.41, 5.74) is 5.83. The molecule has 0 aromatic heterocycles. The Bertz CT molecular complexity index is 1570. The third-order valence-electron chi connectivity index (χ3n) is 14.7. The predicted molar refractivity (Wildman–Crippen MR) is 185 cm³/mol. The molecule has 4 saturated carbocycles. The number of phenols is 1. The topological polar surface area (TPSA) is 108 Å². The number of allylic oxidation sites excluding steroid dienone is 4. The number of nitrogens with zero attached hydrogens (tertiary/aromatic N) is 1. The molecule has 2 N–H and O–H groups in total. The first-order chi connectivity index (χ1) is 23.0. The van der Waals surface area contributed by atoms with E-state index in [2.05, 4.69) is 32.9 Å². The molecule has 6 nitrogen and oxygen atoms in total. The Hall–Kier alpha value is -2.91. The van der Waals surface area contributed by atoms with Crippen LogP contribution in [-0.2, 0) is 20.7 Å². The number of aryl methyl sites for hydroxylation is 1. The Morgan fingerprint density at radius 2 is 1.79 bits per heavy atom. The molecule has 0 saturated heterocycles. The second-order valence-electron chi connectivity index (χ2n) is 16.8. The van der Waals surface area contributed by atoms with E-state index in [0.29, 0.717) is 54.6 Å². The van der Waals surface area contributed by atoms with Crippen molar-refractivity contribution < 1.29 is 24.5 Å². The number of nitriles is 1. The van der Waals surface area contributed by atoms with Crippen LogP contribution in [0.15, 0.2) is 41.0 Å². The van der Waals surface area contributed by atoms with E-state index >= 15 is 0 Å². The molecule has 4 fully saturated rings. The zero-order chi connectivity index (χ0) is 33.8. The van der Waals surface area contributed by atoms with Crippen LogP contribution < -0.4 is 0 Å². The maximum Gasteiger partial charge on any atom is 0.306 e. The number of aliphatic hydroxyl groups is 1. The minimum absolute atomic E-state index is 0.00492. The number of fused-ring (bicyclic) bond motifs is 9. The van der Waals surface area contributed by atoms with Crippen LogP contribution in [0.3, 0.4) is 0 Å². The number of phenolic OH excluding ortho intramolecular Hbond substituents is 1. The fourth-order valence-corrected chi connectivity index (χ4v) is 12.0. The third kappa shape index (κ3) is 5.47. The van der Waals surface area contributed by atoms with Crippen molar-refractivity contribution in [2.75, 3.05) is 0 Å². The van der Waals surface area contributed by atoms with Crippen molar-refractivity contribution in [1.29, 1.82) is 5.26 Å². The molecule has 258 valence electrons. The first-order valence-electron chi connectivity index (χ1n) is 19.1. The highest BCUT2D eigenvalue weighted by Gasteiger charge is 2.61. The van der Waals surface area contributed by atoms with E-state index in [9.17, 15) is 25.1 Å². The average Bonchev–Trinajstić information content (AvgIpc) is 3.56. The van der Waals surface area contributed by atoms with Gasteiger partial charge in [-0.1, -0.05) is 38.8 Å². The van der Waals surface area contributed by atoms with Crippen molar-refractivity contribution in [1.82, 2.24) is 0 Å². The smallest absolute Gasteiger partial charge is 0.306 e. The summed E-state index contributed by atoms with van der Waals surface area (Å²) in [5.74, 6) is 3.59. The number of unbranched alkanes of at least 4 members (excludes halogenated alkanes) is 1. The Morgan fingerprint density at radius 3 is 2.58 bits per heavy atom. The molecule has 48 heavy (non-hydrogen) atoms. The lowest BCUT2D eigenvalue weighted by molar-refractivity contribution is -0.157. The van der Waals surface area contributed by atoms with E-state index in [1.165, 1.54) is 41.5 Å². The molecule has 0 radical (unpaired) electrons. The molecule has 8 rings (SSSR count). The molecule has 0 bridgehead atoms. The van der Waals surface area contributed by atoms with Gasteiger partial charge in [0.05, 0.1) is 6.07 Å². The molecule has 7 aliphatic carbocycles. The lowest BCUT2D eigenvalue weighted by Gasteiger charge is -2.50. The SMILES string of the molecule is CCCCC(=O)O[C@H]1CC[C@H]2[C@@H]3CCc4cc(O)ccc4[C@H]3CC[C@]12C.C[C@]12CCC3=C4CCC(=O)C=C4CC[C@H]3[C@@H]1CC[C@@]2(O)C#N. The van der Waals surface area contributed by atoms with E-state index in [-0.39, 0.29) is 28.7 Å². The molecule has 0 spiro atoms. The minimum atomic E-state index is -1.15. The number of rotatable bonds is 4. The zero-order valence-corrected chi connectivity index (χ0v) is 29.4. The summed E-state index contributed by atoms with van der Waals surface area (Å²) >= 11 is 0. The summed E-state index contributed by atoms with van der Waals surface area (Å²) in [6, 6.07) is 8.19. The first-order valence-corrected chi connectivity index (χ1v) is 19.1. The van der Waals surface area contributed by atoms with Crippen LogP contribution in [0.2, 0.25) is 0 Å². The third-order valence-corrected chi connectivity index (χ3v) is 14.7. The second-order valence-corrected chi connectivity index (χ2v) is 16.8. The summed E-state index contributed by atoms with van der Waals surface area (Å²) in [7, 11) is 0. The van der Waals surface area contributed by atoms with E-state index < -0.39 is 5.60 Å². The van der Waals surface area contributed by atoms with Gasteiger partial charge in [0.1, 0.15) is 11.9 Å². The second kappa shape index (κ2) is 12.8. The summed E-state index contributed by atoms with van der Waals surface area (Å²) < 4.78 is 5.98. The zero-order valence-electron chi connectivity index (χ0n) is 29.4. The molecule has 0 heterocycles. The standard InChI is InChI=1S/C23H32O3.C19H23NO2/c1-3-4-5-22(25)26-21-11-10-20-19-8-6-15-14-16(24)7-9-17(15)18(19)12-13-23(20,21)2;1-18-8-6-15-14-5-3-13(21)10-12(14)2-4-16(15)17(18)7-9-19(18,22)11-20/h7,9,14,18-21,24H,3-6,8,10-13H2,1-2H3;10,16-17,22H,2-9H2,1H3/t18-,19-,20+,21+,23+;16-,17+,18+,19-/m11/s1. The summed E-state index contributed by atoms with van der Waals surface area (Å²) in [6.07, 6.45) is 18.4. The number of hydrogen-bond donors (Lipinski definition) is 2. The number of ether oxygens (including phenoxy) is 1. The predicted octanol–water partition coefficient (Wildman–Crippen LogP) is 8.80. The lowest BCUT2D eigenvalue weighted by Crippen LogP contribution is -2.48. The highest BCUT2D eigenvalue weighted by molar-refractivity contribution is 5.93. The average molecular weight is 654 g/mol. The van der Waals surface area contributed by atoms with Crippen LogP contribution in [0.1, 0.15) is 141 Å². The molecule has 6 heteroatoms. The van der Waals surface area contributed by atoms with E-state index in [4.69, 9.17) is 4.74 Å². The maximum atomic E-state index is 12.2. The highest BCUT2D eigenvalue weighted by atomic mass is 16.5. The number of benzene rings is 1. The lowest BCUT2D eigenvalue weighted by atomic mass is 9.55. The Labute approximate surface area is 287 Å². The molecule has 1 aromatic carbocycles. The van der Waals surface area contributed by atoms with E-state index in [0.717, 1.165) is 70.6 Å². The highest BCUT2D eigenvalue weighted by Crippen LogP contribution is 2.64. The van der Waals surface area contributed by atoms with Gasteiger partial charge in [0.15, 0.2) is 11.4 Å². The molecule has 1 aromatic rings. The molecule has 0 amide bonds. The van der Waals surface area contributed by atoms with Crippen LogP contribution in [0, 0.1) is 45.8 Å². The van der Waals surface area contributed by atoms with Gasteiger partial charge in [-0.25, -0.2) is 0 Å². The van der Waals surface area contributed by atoms with Crippen molar-refractivity contribution in [2.45, 2.75) is 148 Å². The number of hydrogen-bond acceptors (Lipinski definition) is 6. The first kappa shape index (κ1) is 33.6. The van der Waals surface area contributed by atoms with Crippen LogP contribution in [0.25, 0.3) is 0 Å². The normalized spacial score (nSPS) is 39.2. The van der Waals surface area contributed by atoms with Crippen LogP contribution in [-0.4, -0.2) is 33.7 Å². The molecule has 9 atom stereocenters. The van der Waals surface area contributed by atoms with Gasteiger partial charge < -0.3 is 14.9 Å². The van der Waals surface area contributed by atoms with Crippen molar-refractivity contribution in [3.05, 3.63) is 52.1 Å². The minimum Gasteiger partial charge on any atom is -0.508 e. The van der Waals surface area contributed by atoms with Gasteiger partial charge in [0, 0.05) is 23.7 Å². The largest absolute Gasteiger partial charge is 0.508 e. The summed E-state index contributed by atoms with van der Waals surface area (Å²) in [6.45, 7) is 6.62. The maximum absolute atomic E-state index is 12.2. The van der Waals surface area contributed by atoms with E-state index in [1.807, 2.05) is 18.2 Å². The number of aromatic hydroxyl groups is 1. The number of ketones is 1. The van der Waals surface area contributed by atoms with E-state index in [1.54, 1.807) is 5.57 Å². The summed E-state index contributed by atoms with van der Waals surface area (Å²) in [4.78, 5) is 23.9. The van der Waals surface area contributed by atoms with Gasteiger partial charge >= 0.3 is 5.97 Å². The quantitative estimate of drug-likeness (QED) is 0.248. The monoisotopic (exact) mass is 653 g/mol. The van der Waals surface area contributed by atoms with Crippen molar-refractivity contribution in [3.63, 3.8) is 0 Å². The summed E-state index contributed by atoms with van der Waals surface area (Å²) in [5, 5.41) is 30.1. The number of carbonyl (C=O) groups excluding carboxylic acids is 2. The van der Waals surface area contributed by atoms with Crippen molar-refractivity contribution >= 4 is 11.8 Å². The molecule has 0 unspecified atom stereocenters. The fourth-order valence-electron chi connectivity index (χ4n) is 12.0. The molecule has 0 aliphatic heterocycles. The van der Waals surface area contributed by atoms with Crippen LogP contribution in [0.5, 0.6) is 5.75 Å². The van der Waals surface area contributed by atoms with Gasteiger partial charge in [0.25, 0.3) is 0 Å². The van der Waals surface area contributed by atoms with Crippen LogP contribution in [0.4, 0.5) is 0 Å². The molecule has 7 aliphatic rings. The molecular weight excluding hydrogens is 598 g/mol. The number of carbonyl (C=O) groups is 2. The van der Waals surface area contributed by atoms with Gasteiger partial charge in [-0.2, -0.15) is 5.26 Å². The fraction of sp³-hybridized carbons (Fsp3) is 0.690. The van der Waals surface area contributed by atoms with Crippen molar-refractivity contribution in [3.8, 4) is 11.8 Å². The van der Waals surface area contributed by atoms with Crippen molar-refractivity contribution in [2.24, 2.45) is 34.5 Å². The van der Waals surface area contributed by atoms with Crippen LogP contribution >= 0.6 is 0 Å². The molecular formula is C42H55NO5. The van der Waals surface area contributed by atoms with Gasteiger partial charge in [-0.3, -0.25) is 9.59 Å². The Kier molecular flexibility index (Phi) is 8.93. The van der Waals surface area contributed by atoms with Gasteiger partial charge in [-0.05, 0) is 160 Å². The Morgan fingerprint density at radius 1 is 0.958 bits per heavy atom.